The van der Waals surface area contributed by atoms with Gasteiger partial charge in [0.05, 0.1) is 6.54 Å². The number of aromatic nitrogens is 4. The molecule has 96 valence electrons. The Balaban J connectivity index is 2.13. The molecule has 2 aromatic rings. The van der Waals surface area contributed by atoms with Crippen LogP contribution in [0.1, 0.15) is 5.82 Å². The van der Waals surface area contributed by atoms with Gasteiger partial charge in [-0.3, -0.25) is 4.68 Å². The van der Waals surface area contributed by atoms with Crippen molar-refractivity contribution in [1.82, 2.24) is 19.7 Å². The van der Waals surface area contributed by atoms with Gasteiger partial charge in [0.25, 0.3) is 0 Å². The molecular formula is C10H12F2N6. The fourth-order valence-electron chi connectivity index (χ4n) is 1.39. The van der Waals surface area contributed by atoms with Crippen LogP contribution in [-0.2, 0) is 13.6 Å². The van der Waals surface area contributed by atoms with E-state index < -0.39 is 11.6 Å². The minimum atomic E-state index is -0.762. The van der Waals surface area contributed by atoms with Crippen molar-refractivity contribution in [2.75, 3.05) is 17.7 Å². The van der Waals surface area contributed by atoms with Crippen LogP contribution < -0.4 is 10.6 Å². The quantitative estimate of drug-likeness (QED) is 0.856. The van der Waals surface area contributed by atoms with Gasteiger partial charge in [-0.2, -0.15) is 5.10 Å². The lowest BCUT2D eigenvalue weighted by molar-refractivity contribution is 0.578. The maximum Gasteiger partial charge on any atom is 0.169 e. The van der Waals surface area contributed by atoms with Gasteiger partial charge in [-0.25, -0.2) is 18.7 Å². The third-order valence-electron chi connectivity index (χ3n) is 2.23. The molecule has 0 aliphatic heterocycles. The average Bonchev–Trinajstić information content (AvgIpc) is 2.74. The molecule has 18 heavy (non-hydrogen) atoms. The predicted octanol–water partition coefficient (Wildman–Crippen LogP) is 1.14. The van der Waals surface area contributed by atoms with Gasteiger partial charge < -0.3 is 10.6 Å². The second-order valence-corrected chi connectivity index (χ2v) is 3.59. The Morgan fingerprint density at radius 3 is 2.61 bits per heavy atom. The van der Waals surface area contributed by atoms with Crippen molar-refractivity contribution in [3.8, 4) is 0 Å². The number of anilines is 2. The monoisotopic (exact) mass is 254 g/mol. The topological polar surface area (TPSA) is 67.7 Å². The summed E-state index contributed by atoms with van der Waals surface area (Å²) >= 11 is 0. The summed E-state index contributed by atoms with van der Waals surface area (Å²) in [6.45, 7) is 0.208. The summed E-state index contributed by atoms with van der Waals surface area (Å²) in [7, 11) is 3.24. The van der Waals surface area contributed by atoms with Crippen LogP contribution in [0.15, 0.2) is 12.4 Å². The van der Waals surface area contributed by atoms with Crippen molar-refractivity contribution in [2.24, 2.45) is 7.05 Å². The molecule has 0 amide bonds. The Morgan fingerprint density at radius 2 is 2.00 bits per heavy atom. The van der Waals surface area contributed by atoms with E-state index in [0.29, 0.717) is 5.82 Å². The van der Waals surface area contributed by atoms with Crippen LogP contribution in [0.2, 0.25) is 0 Å². The summed E-state index contributed by atoms with van der Waals surface area (Å²) in [4.78, 5) is 7.75. The van der Waals surface area contributed by atoms with Crippen LogP contribution in [0.3, 0.4) is 0 Å². The van der Waals surface area contributed by atoms with Crippen molar-refractivity contribution in [1.29, 1.82) is 0 Å². The molecule has 0 fully saturated rings. The molecule has 0 saturated carbocycles. The van der Waals surface area contributed by atoms with Gasteiger partial charge in [0, 0.05) is 20.2 Å². The lowest BCUT2D eigenvalue weighted by atomic mass is 10.4. The summed E-state index contributed by atoms with van der Waals surface area (Å²) in [6.07, 6.45) is 1.53. The van der Waals surface area contributed by atoms with E-state index in [0.717, 1.165) is 6.07 Å². The van der Waals surface area contributed by atoms with E-state index in [2.05, 4.69) is 25.7 Å². The molecule has 8 heteroatoms. The van der Waals surface area contributed by atoms with Crippen LogP contribution in [0.25, 0.3) is 0 Å². The second-order valence-electron chi connectivity index (χ2n) is 3.59. The Morgan fingerprint density at radius 1 is 1.28 bits per heavy atom. The normalized spacial score (nSPS) is 10.4. The number of hydrogen-bond donors (Lipinski definition) is 2. The molecule has 2 aromatic heterocycles. The molecule has 0 saturated heterocycles. The largest absolute Gasteiger partial charge is 0.371 e. The fraction of sp³-hybridized carbons (Fsp3) is 0.300. The van der Waals surface area contributed by atoms with E-state index in [1.54, 1.807) is 7.05 Å². The maximum absolute atomic E-state index is 13.4. The van der Waals surface area contributed by atoms with Crippen LogP contribution in [0.4, 0.5) is 20.4 Å². The van der Waals surface area contributed by atoms with Crippen molar-refractivity contribution in [3.63, 3.8) is 0 Å². The molecule has 0 spiro atoms. The van der Waals surface area contributed by atoms with E-state index in [4.69, 9.17) is 0 Å². The molecule has 0 unspecified atom stereocenters. The molecule has 0 aliphatic carbocycles. The van der Waals surface area contributed by atoms with Crippen LogP contribution in [0.5, 0.6) is 0 Å². The van der Waals surface area contributed by atoms with Crippen molar-refractivity contribution >= 4 is 11.6 Å². The predicted molar refractivity (Wildman–Crippen MR) is 62.0 cm³/mol. The second kappa shape index (κ2) is 4.94. The zero-order chi connectivity index (χ0) is 13.1. The average molecular weight is 254 g/mol. The van der Waals surface area contributed by atoms with Gasteiger partial charge in [0.15, 0.2) is 29.1 Å². The third-order valence-corrected chi connectivity index (χ3v) is 2.23. The lowest BCUT2D eigenvalue weighted by Gasteiger charge is -2.07. The highest BCUT2D eigenvalue weighted by Crippen LogP contribution is 2.18. The standard InChI is InChI=1S/C10H12F2N6/c1-13-9-6(11)3-7(12)10(16-9)14-4-8-15-5-18(2)17-8/h3,5H,4H2,1-2H3,(H2,13,14,16). The Kier molecular flexibility index (Phi) is 3.35. The summed E-state index contributed by atoms with van der Waals surface area (Å²) in [5.41, 5.74) is 0. The summed E-state index contributed by atoms with van der Waals surface area (Å²) < 4.78 is 28.1. The number of halogens is 2. The highest BCUT2D eigenvalue weighted by Gasteiger charge is 2.11. The molecule has 0 aromatic carbocycles. The minimum absolute atomic E-state index is 0.0205. The number of nitrogens with one attached hydrogen (secondary N) is 2. The minimum Gasteiger partial charge on any atom is -0.371 e. The molecule has 0 radical (unpaired) electrons. The van der Waals surface area contributed by atoms with E-state index in [-0.39, 0.29) is 18.2 Å². The first kappa shape index (κ1) is 12.2. The Hall–Kier alpha value is -2.25. The number of rotatable bonds is 4. The van der Waals surface area contributed by atoms with Crippen molar-refractivity contribution in [3.05, 3.63) is 29.9 Å². The molecule has 2 rings (SSSR count). The maximum atomic E-state index is 13.4. The number of hydrogen-bond acceptors (Lipinski definition) is 5. The molecule has 2 heterocycles. The highest BCUT2D eigenvalue weighted by molar-refractivity contribution is 5.47. The number of aryl methyl sites for hydroxylation is 1. The van der Waals surface area contributed by atoms with Gasteiger partial charge in [-0.05, 0) is 0 Å². The summed E-state index contributed by atoms with van der Waals surface area (Å²) in [5.74, 6) is -1.07. The first-order valence-electron chi connectivity index (χ1n) is 5.22. The molecule has 0 bridgehead atoms. The van der Waals surface area contributed by atoms with Gasteiger partial charge in [-0.15, -0.1) is 0 Å². The Bertz CT molecular complexity index is 553. The molecule has 0 atom stereocenters. The van der Waals surface area contributed by atoms with Crippen LogP contribution in [0, 0.1) is 11.6 Å². The smallest absolute Gasteiger partial charge is 0.169 e. The molecular weight excluding hydrogens is 242 g/mol. The number of pyridine rings is 1. The highest BCUT2D eigenvalue weighted by atomic mass is 19.1. The zero-order valence-electron chi connectivity index (χ0n) is 9.91. The van der Waals surface area contributed by atoms with Crippen molar-refractivity contribution < 1.29 is 8.78 Å². The van der Waals surface area contributed by atoms with E-state index >= 15 is 0 Å². The van der Waals surface area contributed by atoms with Crippen LogP contribution in [-0.4, -0.2) is 26.8 Å². The molecule has 6 nitrogen and oxygen atoms in total. The first-order chi connectivity index (χ1) is 8.60. The van der Waals surface area contributed by atoms with Gasteiger partial charge >= 0.3 is 0 Å². The number of nitrogens with zero attached hydrogens (tertiary/aromatic N) is 4. The van der Waals surface area contributed by atoms with Gasteiger partial charge in [0.2, 0.25) is 0 Å². The van der Waals surface area contributed by atoms with Gasteiger partial charge in [0.1, 0.15) is 6.33 Å². The fourth-order valence-corrected chi connectivity index (χ4v) is 1.39. The van der Waals surface area contributed by atoms with E-state index in [1.807, 2.05) is 0 Å². The van der Waals surface area contributed by atoms with E-state index in [9.17, 15) is 8.78 Å². The van der Waals surface area contributed by atoms with Crippen LogP contribution >= 0.6 is 0 Å². The molecule has 0 aliphatic rings. The third kappa shape index (κ3) is 2.53. The first-order valence-corrected chi connectivity index (χ1v) is 5.22. The molecule has 2 N–H and O–H groups in total. The van der Waals surface area contributed by atoms with Gasteiger partial charge in [-0.1, -0.05) is 0 Å². The summed E-state index contributed by atoms with van der Waals surface area (Å²) in [5, 5.41) is 9.27. The summed E-state index contributed by atoms with van der Waals surface area (Å²) in [6, 6.07) is 0.771. The lowest BCUT2D eigenvalue weighted by Crippen LogP contribution is -2.08. The van der Waals surface area contributed by atoms with E-state index in [1.165, 1.54) is 18.1 Å². The zero-order valence-corrected chi connectivity index (χ0v) is 9.91. The van der Waals surface area contributed by atoms with Crippen molar-refractivity contribution in [2.45, 2.75) is 6.54 Å². The SMILES string of the molecule is CNc1nc(NCc2ncn(C)n2)c(F)cc1F. The Labute approximate surface area is 102 Å².